The molecule has 1 aliphatic carbocycles. The van der Waals surface area contributed by atoms with Gasteiger partial charge in [0, 0.05) is 17.3 Å². The molecule has 0 saturated heterocycles. The molecule has 0 bridgehead atoms. The number of unbranched alkanes of at least 4 members (excludes halogenated alkanes) is 1. The Kier molecular flexibility index (Phi) is 5.55. The van der Waals surface area contributed by atoms with Gasteiger partial charge in [-0.2, -0.15) is 10.2 Å². The fourth-order valence-corrected chi connectivity index (χ4v) is 2.75. The molecule has 140 valence electrons. The summed E-state index contributed by atoms with van der Waals surface area (Å²) >= 11 is 0. The number of carbonyl (C=O) groups is 2. The van der Waals surface area contributed by atoms with Crippen LogP contribution in [0.5, 0.6) is 0 Å². The Morgan fingerprint density at radius 1 is 1.23 bits per heavy atom. The first-order valence-corrected chi connectivity index (χ1v) is 9.00. The van der Waals surface area contributed by atoms with Crippen molar-refractivity contribution >= 4 is 23.6 Å². The van der Waals surface area contributed by atoms with E-state index in [9.17, 15) is 9.59 Å². The number of carbonyl (C=O) groups excluding carboxylic acids is 2. The Balaban J connectivity index is 1.65. The van der Waals surface area contributed by atoms with E-state index in [4.69, 9.17) is 4.74 Å². The van der Waals surface area contributed by atoms with Crippen LogP contribution in [0.3, 0.4) is 0 Å². The van der Waals surface area contributed by atoms with Crippen LogP contribution in [0.1, 0.15) is 67.2 Å². The van der Waals surface area contributed by atoms with Crippen molar-refractivity contribution < 1.29 is 14.3 Å². The summed E-state index contributed by atoms with van der Waals surface area (Å²) in [6, 6.07) is 1.35. The number of rotatable bonds is 8. The molecule has 2 amide bonds. The number of hydrogen-bond acceptors (Lipinski definition) is 5. The predicted molar refractivity (Wildman–Crippen MR) is 96.4 cm³/mol. The molecule has 0 spiro atoms. The average Bonchev–Trinajstić information content (AvgIpc) is 3.22. The van der Waals surface area contributed by atoms with Gasteiger partial charge in [-0.3, -0.25) is 20.8 Å². The Labute approximate surface area is 151 Å². The summed E-state index contributed by atoms with van der Waals surface area (Å²) < 4.78 is 5.04. The van der Waals surface area contributed by atoms with Gasteiger partial charge >= 0.3 is 12.0 Å². The zero-order valence-electron chi connectivity index (χ0n) is 15.0. The zero-order valence-corrected chi connectivity index (χ0v) is 15.0. The Bertz CT molecular complexity index is 777. The van der Waals surface area contributed by atoms with E-state index in [0.29, 0.717) is 22.9 Å². The normalized spacial score (nSPS) is 13.5. The van der Waals surface area contributed by atoms with Gasteiger partial charge in [-0.15, -0.1) is 0 Å². The van der Waals surface area contributed by atoms with Crippen molar-refractivity contribution in [2.45, 2.75) is 51.9 Å². The van der Waals surface area contributed by atoms with Crippen LogP contribution in [0, 0.1) is 0 Å². The second kappa shape index (κ2) is 8.03. The molecular weight excluding hydrogens is 336 g/mol. The second-order valence-electron chi connectivity index (χ2n) is 6.32. The molecule has 9 nitrogen and oxygen atoms in total. The molecule has 0 aromatic carbocycles. The summed E-state index contributed by atoms with van der Waals surface area (Å²) in [4.78, 5) is 24.3. The summed E-state index contributed by atoms with van der Waals surface area (Å²) in [5.74, 6) is 0.565. The van der Waals surface area contributed by atoms with E-state index in [2.05, 4.69) is 38.0 Å². The number of aromatic amines is 2. The minimum atomic E-state index is -0.456. The summed E-state index contributed by atoms with van der Waals surface area (Å²) in [5.41, 5.74) is 2.00. The monoisotopic (exact) mass is 360 g/mol. The van der Waals surface area contributed by atoms with E-state index in [0.717, 1.165) is 37.8 Å². The molecule has 2 heterocycles. The van der Waals surface area contributed by atoms with Gasteiger partial charge in [0.2, 0.25) is 0 Å². The molecule has 3 rings (SSSR count). The van der Waals surface area contributed by atoms with Gasteiger partial charge in [0.1, 0.15) is 5.69 Å². The van der Waals surface area contributed by atoms with Crippen molar-refractivity contribution in [2.24, 2.45) is 0 Å². The van der Waals surface area contributed by atoms with Crippen LogP contribution >= 0.6 is 0 Å². The lowest BCUT2D eigenvalue weighted by Gasteiger charge is -2.06. The highest BCUT2D eigenvalue weighted by atomic mass is 16.5. The van der Waals surface area contributed by atoms with E-state index in [1.54, 1.807) is 6.92 Å². The number of esters is 1. The van der Waals surface area contributed by atoms with Gasteiger partial charge in [-0.05, 0) is 38.5 Å². The highest BCUT2D eigenvalue weighted by Gasteiger charge is 2.34. The fourth-order valence-electron chi connectivity index (χ4n) is 2.75. The highest BCUT2D eigenvalue weighted by molar-refractivity contribution is 6.00. The lowest BCUT2D eigenvalue weighted by Crippen LogP contribution is -2.20. The quantitative estimate of drug-likeness (QED) is 0.538. The maximum absolute atomic E-state index is 12.3. The predicted octanol–water partition coefficient (Wildman–Crippen LogP) is 3.17. The van der Waals surface area contributed by atoms with Crippen LogP contribution in [0.25, 0.3) is 0 Å². The molecule has 2 aromatic rings. The number of anilines is 2. The van der Waals surface area contributed by atoms with E-state index in [-0.39, 0.29) is 12.5 Å². The first kappa shape index (κ1) is 18.0. The third kappa shape index (κ3) is 4.22. The third-order valence-electron chi connectivity index (χ3n) is 4.17. The number of amides is 2. The SMILES string of the molecule is CCCCc1cc(NC(=O)Nc2n[nH]c(C(=O)OCC)c2C2CC2)n[nH]1. The van der Waals surface area contributed by atoms with Crippen LogP contribution in [0.2, 0.25) is 0 Å². The lowest BCUT2D eigenvalue weighted by atomic mass is 10.1. The lowest BCUT2D eigenvalue weighted by molar-refractivity contribution is 0.0518. The second-order valence-corrected chi connectivity index (χ2v) is 6.32. The molecule has 0 radical (unpaired) electrons. The standard InChI is InChI=1S/C17H24N6O3/c1-3-5-6-11-9-12(21-20-11)18-17(25)19-15-13(10-7-8-10)14(22-23-15)16(24)26-4-2/h9-10H,3-8H2,1-2H3,(H4,18,19,20,21,22,23,25). The van der Waals surface area contributed by atoms with Crippen LogP contribution < -0.4 is 10.6 Å². The first-order valence-electron chi connectivity index (χ1n) is 9.00. The molecule has 26 heavy (non-hydrogen) atoms. The molecule has 4 N–H and O–H groups in total. The molecule has 1 saturated carbocycles. The number of aryl methyl sites for hydroxylation is 1. The number of aromatic nitrogens is 4. The van der Waals surface area contributed by atoms with Crippen LogP contribution in [-0.2, 0) is 11.2 Å². The number of urea groups is 1. The van der Waals surface area contributed by atoms with Gasteiger partial charge in [-0.25, -0.2) is 9.59 Å². The largest absolute Gasteiger partial charge is 0.461 e. The van der Waals surface area contributed by atoms with E-state index < -0.39 is 12.0 Å². The van der Waals surface area contributed by atoms with Gasteiger partial charge in [0.25, 0.3) is 0 Å². The maximum Gasteiger partial charge on any atom is 0.356 e. The summed E-state index contributed by atoms with van der Waals surface area (Å²) in [6.45, 7) is 4.15. The first-order chi connectivity index (χ1) is 12.6. The van der Waals surface area contributed by atoms with Gasteiger partial charge in [0.05, 0.1) is 6.61 Å². The topological polar surface area (TPSA) is 125 Å². The van der Waals surface area contributed by atoms with Gasteiger partial charge in [0.15, 0.2) is 11.6 Å². The number of ether oxygens (including phenoxy) is 1. The smallest absolute Gasteiger partial charge is 0.356 e. The van der Waals surface area contributed by atoms with Crippen molar-refractivity contribution in [3.05, 3.63) is 23.0 Å². The van der Waals surface area contributed by atoms with Crippen LogP contribution in [0.4, 0.5) is 16.4 Å². The van der Waals surface area contributed by atoms with Crippen molar-refractivity contribution in [2.75, 3.05) is 17.2 Å². The van der Waals surface area contributed by atoms with E-state index >= 15 is 0 Å². The van der Waals surface area contributed by atoms with Gasteiger partial charge in [-0.1, -0.05) is 13.3 Å². The van der Waals surface area contributed by atoms with Crippen molar-refractivity contribution in [3.63, 3.8) is 0 Å². The zero-order chi connectivity index (χ0) is 18.5. The van der Waals surface area contributed by atoms with Crippen molar-refractivity contribution in [3.8, 4) is 0 Å². The Morgan fingerprint density at radius 3 is 2.73 bits per heavy atom. The number of hydrogen-bond donors (Lipinski definition) is 4. The molecule has 0 aliphatic heterocycles. The molecule has 0 atom stereocenters. The molecular formula is C17H24N6O3. The number of nitrogens with one attached hydrogen (secondary N) is 4. The molecule has 1 aliphatic rings. The summed E-state index contributed by atoms with van der Waals surface area (Å²) in [7, 11) is 0. The summed E-state index contributed by atoms with van der Waals surface area (Å²) in [5, 5.41) is 19.1. The molecule has 9 heteroatoms. The minimum Gasteiger partial charge on any atom is -0.461 e. The van der Waals surface area contributed by atoms with Crippen LogP contribution in [-0.4, -0.2) is 39.0 Å². The number of nitrogens with zero attached hydrogens (tertiary/aromatic N) is 2. The number of H-pyrrole nitrogens is 2. The highest BCUT2D eigenvalue weighted by Crippen LogP contribution is 2.44. The fraction of sp³-hybridized carbons (Fsp3) is 0.529. The average molecular weight is 360 g/mol. The Morgan fingerprint density at radius 2 is 2.04 bits per heavy atom. The van der Waals surface area contributed by atoms with Crippen molar-refractivity contribution in [1.82, 2.24) is 20.4 Å². The molecule has 1 fully saturated rings. The maximum atomic E-state index is 12.3. The van der Waals surface area contributed by atoms with E-state index in [1.807, 2.05) is 6.07 Å². The minimum absolute atomic E-state index is 0.217. The Hall–Kier alpha value is -2.84. The molecule has 2 aromatic heterocycles. The van der Waals surface area contributed by atoms with Crippen molar-refractivity contribution in [1.29, 1.82) is 0 Å². The molecule has 0 unspecified atom stereocenters. The van der Waals surface area contributed by atoms with Gasteiger partial charge < -0.3 is 4.74 Å². The summed E-state index contributed by atoms with van der Waals surface area (Å²) in [6.07, 6.45) is 4.96. The van der Waals surface area contributed by atoms with Crippen LogP contribution in [0.15, 0.2) is 6.07 Å². The van der Waals surface area contributed by atoms with E-state index in [1.165, 1.54) is 0 Å². The third-order valence-corrected chi connectivity index (χ3v) is 4.17.